The van der Waals surface area contributed by atoms with E-state index in [1.807, 2.05) is 42.2 Å². The number of carbonyl (C=O) groups is 2. The van der Waals surface area contributed by atoms with Gasteiger partial charge in [-0.15, -0.1) is 0 Å². The fraction of sp³-hybridized carbons (Fsp3) is 0.529. The fourth-order valence-electron chi connectivity index (χ4n) is 3.14. The minimum Gasteiger partial charge on any atom is -0.367 e. The number of carbonyl (C=O) groups excluding carboxylic acids is 2. The summed E-state index contributed by atoms with van der Waals surface area (Å²) in [6.07, 6.45) is 1.33. The second kappa shape index (κ2) is 6.48. The van der Waals surface area contributed by atoms with Gasteiger partial charge in [-0.2, -0.15) is 0 Å². The number of likely N-dealkylation sites (tertiary alicyclic amines) is 1. The number of hydrogen-bond donors (Lipinski definition) is 0. The molecule has 0 aliphatic carbocycles. The van der Waals surface area contributed by atoms with Gasteiger partial charge in [0, 0.05) is 19.5 Å². The lowest BCUT2D eigenvalue weighted by atomic mass is 10.1. The zero-order valence-electron chi connectivity index (χ0n) is 12.9. The van der Waals surface area contributed by atoms with E-state index in [1.165, 1.54) is 0 Å². The fourth-order valence-corrected chi connectivity index (χ4v) is 3.14. The lowest BCUT2D eigenvalue weighted by Crippen LogP contribution is -2.49. The highest BCUT2D eigenvalue weighted by Gasteiger charge is 2.31. The van der Waals surface area contributed by atoms with Crippen molar-refractivity contribution < 1.29 is 14.3 Å². The molecule has 5 nitrogen and oxygen atoms in total. The largest absolute Gasteiger partial charge is 0.367 e. The first-order valence-corrected chi connectivity index (χ1v) is 7.89. The zero-order valence-corrected chi connectivity index (χ0v) is 12.9. The molecule has 5 heteroatoms. The predicted octanol–water partition coefficient (Wildman–Crippen LogP) is 1.60. The Labute approximate surface area is 130 Å². The van der Waals surface area contributed by atoms with Crippen molar-refractivity contribution in [3.8, 4) is 0 Å². The average Bonchev–Trinajstić information content (AvgIpc) is 2.92. The molecule has 22 heavy (non-hydrogen) atoms. The first-order valence-electron chi connectivity index (χ1n) is 7.89. The van der Waals surface area contributed by atoms with E-state index in [2.05, 4.69) is 0 Å². The number of hydrogen-bond acceptors (Lipinski definition) is 3. The standard InChI is InChI=1S/C17H22N2O3/c1-13-10-19(17(21)12-18-9-5-8-16(18)20)11-15(22-13)14-6-3-2-4-7-14/h2-4,6-7,13,15H,5,8-12H2,1H3/t13-,15+/m0/s1. The Kier molecular flexibility index (Phi) is 4.43. The van der Waals surface area contributed by atoms with Crippen molar-refractivity contribution >= 4 is 11.8 Å². The first kappa shape index (κ1) is 15.0. The van der Waals surface area contributed by atoms with Gasteiger partial charge in [-0.3, -0.25) is 9.59 Å². The van der Waals surface area contributed by atoms with Crippen molar-refractivity contribution in [2.45, 2.75) is 32.0 Å². The van der Waals surface area contributed by atoms with Crippen LogP contribution in [0.2, 0.25) is 0 Å². The number of rotatable bonds is 3. The molecule has 0 unspecified atom stereocenters. The Hall–Kier alpha value is -1.88. The van der Waals surface area contributed by atoms with Gasteiger partial charge in [-0.25, -0.2) is 0 Å². The first-order chi connectivity index (χ1) is 10.6. The Morgan fingerprint density at radius 1 is 1.27 bits per heavy atom. The molecule has 0 saturated carbocycles. The van der Waals surface area contributed by atoms with Crippen LogP contribution in [-0.4, -0.2) is 53.9 Å². The molecule has 1 aromatic carbocycles. The average molecular weight is 302 g/mol. The lowest BCUT2D eigenvalue weighted by Gasteiger charge is -2.37. The van der Waals surface area contributed by atoms with Crippen LogP contribution in [0.4, 0.5) is 0 Å². The normalized spacial score (nSPS) is 25.6. The van der Waals surface area contributed by atoms with Crippen molar-refractivity contribution in [2.24, 2.45) is 0 Å². The van der Waals surface area contributed by atoms with Crippen LogP contribution in [0.15, 0.2) is 30.3 Å². The van der Waals surface area contributed by atoms with Crippen molar-refractivity contribution in [3.05, 3.63) is 35.9 Å². The van der Waals surface area contributed by atoms with Gasteiger partial charge in [0.2, 0.25) is 11.8 Å². The van der Waals surface area contributed by atoms with E-state index in [1.54, 1.807) is 4.90 Å². The highest BCUT2D eigenvalue weighted by atomic mass is 16.5. The molecule has 0 radical (unpaired) electrons. The molecule has 2 heterocycles. The van der Waals surface area contributed by atoms with E-state index in [4.69, 9.17) is 4.74 Å². The van der Waals surface area contributed by atoms with Gasteiger partial charge in [0.15, 0.2) is 0 Å². The third kappa shape index (κ3) is 3.30. The van der Waals surface area contributed by atoms with Gasteiger partial charge in [0.05, 0.1) is 19.2 Å². The number of nitrogens with zero attached hydrogens (tertiary/aromatic N) is 2. The molecule has 2 atom stereocenters. The highest BCUT2D eigenvalue weighted by Crippen LogP contribution is 2.25. The molecule has 2 saturated heterocycles. The van der Waals surface area contributed by atoms with Crippen molar-refractivity contribution in [1.29, 1.82) is 0 Å². The molecule has 0 spiro atoms. The maximum Gasteiger partial charge on any atom is 0.242 e. The third-order valence-corrected chi connectivity index (χ3v) is 4.28. The molecule has 0 bridgehead atoms. The van der Waals surface area contributed by atoms with Gasteiger partial charge in [-0.05, 0) is 18.9 Å². The molecule has 3 rings (SSSR count). The summed E-state index contributed by atoms with van der Waals surface area (Å²) in [5.41, 5.74) is 1.09. The maximum atomic E-state index is 12.5. The quantitative estimate of drug-likeness (QED) is 0.852. The predicted molar refractivity (Wildman–Crippen MR) is 82.1 cm³/mol. The summed E-state index contributed by atoms with van der Waals surface area (Å²) in [5, 5.41) is 0. The minimum absolute atomic E-state index is 0.00261. The Morgan fingerprint density at radius 3 is 2.73 bits per heavy atom. The lowest BCUT2D eigenvalue weighted by molar-refractivity contribution is -0.148. The molecule has 2 amide bonds. The van der Waals surface area contributed by atoms with Crippen LogP contribution < -0.4 is 0 Å². The summed E-state index contributed by atoms with van der Waals surface area (Å²) in [5.74, 6) is 0.112. The number of ether oxygens (including phenoxy) is 1. The van der Waals surface area contributed by atoms with Crippen molar-refractivity contribution in [1.82, 2.24) is 9.80 Å². The second-order valence-corrected chi connectivity index (χ2v) is 6.06. The Morgan fingerprint density at radius 2 is 2.05 bits per heavy atom. The summed E-state index contributed by atoms with van der Waals surface area (Å²) < 4.78 is 5.97. The molecule has 0 aromatic heterocycles. The molecule has 0 N–H and O–H groups in total. The Bertz CT molecular complexity index is 546. The molecule has 1 aromatic rings. The smallest absolute Gasteiger partial charge is 0.242 e. The monoisotopic (exact) mass is 302 g/mol. The SMILES string of the molecule is C[C@H]1CN(C(=O)CN2CCCC2=O)C[C@H](c2ccccc2)O1. The molecule has 2 aliphatic rings. The van der Waals surface area contributed by atoms with Gasteiger partial charge in [0.25, 0.3) is 0 Å². The molecular weight excluding hydrogens is 280 g/mol. The minimum atomic E-state index is -0.0943. The van der Waals surface area contributed by atoms with Crippen LogP contribution in [-0.2, 0) is 14.3 Å². The van der Waals surface area contributed by atoms with E-state index < -0.39 is 0 Å². The highest BCUT2D eigenvalue weighted by molar-refractivity contribution is 5.86. The van der Waals surface area contributed by atoms with Crippen LogP contribution in [0.3, 0.4) is 0 Å². The van der Waals surface area contributed by atoms with E-state index in [-0.39, 0.29) is 30.6 Å². The second-order valence-electron chi connectivity index (χ2n) is 6.06. The van der Waals surface area contributed by atoms with Crippen LogP contribution in [0.5, 0.6) is 0 Å². The zero-order chi connectivity index (χ0) is 15.5. The molecular formula is C17H22N2O3. The maximum absolute atomic E-state index is 12.5. The number of benzene rings is 1. The molecule has 118 valence electrons. The van der Waals surface area contributed by atoms with E-state index in [0.717, 1.165) is 12.0 Å². The number of morpholine rings is 1. The van der Waals surface area contributed by atoms with Gasteiger partial charge < -0.3 is 14.5 Å². The van der Waals surface area contributed by atoms with Crippen LogP contribution in [0, 0.1) is 0 Å². The van der Waals surface area contributed by atoms with Crippen molar-refractivity contribution in [2.75, 3.05) is 26.2 Å². The summed E-state index contributed by atoms with van der Waals surface area (Å²) in [6.45, 7) is 4.02. The van der Waals surface area contributed by atoms with Crippen LogP contribution >= 0.6 is 0 Å². The Balaban J connectivity index is 1.65. The summed E-state index contributed by atoms with van der Waals surface area (Å²) in [4.78, 5) is 27.7. The molecule has 2 aliphatic heterocycles. The summed E-state index contributed by atoms with van der Waals surface area (Å²) in [7, 11) is 0. The third-order valence-electron chi connectivity index (χ3n) is 4.28. The van der Waals surface area contributed by atoms with Gasteiger partial charge >= 0.3 is 0 Å². The van der Waals surface area contributed by atoms with Gasteiger partial charge in [-0.1, -0.05) is 30.3 Å². The van der Waals surface area contributed by atoms with Crippen molar-refractivity contribution in [3.63, 3.8) is 0 Å². The van der Waals surface area contributed by atoms with E-state index >= 15 is 0 Å². The summed E-state index contributed by atoms with van der Waals surface area (Å²) >= 11 is 0. The number of amides is 2. The van der Waals surface area contributed by atoms with Gasteiger partial charge in [0.1, 0.15) is 6.10 Å². The molecule has 2 fully saturated rings. The summed E-state index contributed by atoms with van der Waals surface area (Å²) in [6, 6.07) is 9.97. The van der Waals surface area contributed by atoms with Crippen LogP contribution in [0.1, 0.15) is 31.4 Å². The van der Waals surface area contributed by atoms with E-state index in [0.29, 0.717) is 26.1 Å². The van der Waals surface area contributed by atoms with Crippen LogP contribution in [0.25, 0.3) is 0 Å². The topological polar surface area (TPSA) is 49.9 Å². The van der Waals surface area contributed by atoms with E-state index in [9.17, 15) is 9.59 Å².